The van der Waals surface area contributed by atoms with Gasteiger partial charge in [-0.15, -0.1) is 0 Å². The second-order valence-corrected chi connectivity index (χ2v) is 4.31. The molecule has 102 valence electrons. The van der Waals surface area contributed by atoms with E-state index in [1.807, 2.05) is 0 Å². The topological polar surface area (TPSA) is 58.7 Å². The molecule has 0 spiro atoms. The Bertz CT molecular complexity index is 327. The third-order valence-electron chi connectivity index (χ3n) is 3.06. The van der Waals surface area contributed by atoms with E-state index in [2.05, 4.69) is 36.1 Å². The number of nitrogens with two attached hydrogens (primary N) is 1. The van der Waals surface area contributed by atoms with Gasteiger partial charge in [0.05, 0.1) is 13.2 Å². The van der Waals surface area contributed by atoms with Crippen LogP contribution >= 0.6 is 0 Å². The molecule has 0 unspecified atom stereocenters. The molecule has 0 radical (unpaired) electrons. The third-order valence-corrected chi connectivity index (χ3v) is 3.06. The number of ether oxygens (including phenoxy) is 1. The first-order valence-electron chi connectivity index (χ1n) is 6.43. The maximum absolute atomic E-state index is 9.08. The number of hydrogen-bond acceptors (Lipinski definition) is 4. The highest BCUT2D eigenvalue weighted by molar-refractivity contribution is 5.48. The predicted octanol–water partition coefficient (Wildman–Crippen LogP) is 1.54. The van der Waals surface area contributed by atoms with Crippen molar-refractivity contribution in [2.24, 2.45) is 5.73 Å². The van der Waals surface area contributed by atoms with Crippen LogP contribution in [0, 0.1) is 0 Å². The van der Waals surface area contributed by atoms with E-state index in [4.69, 9.17) is 15.6 Å². The zero-order chi connectivity index (χ0) is 13.4. The molecule has 0 bridgehead atoms. The van der Waals surface area contributed by atoms with E-state index in [0.29, 0.717) is 13.2 Å². The SMILES string of the molecule is CC[C@@H](N)c1ccc(N(CCO)CCOC)cc1. The minimum atomic E-state index is 0.101. The zero-order valence-electron chi connectivity index (χ0n) is 11.3. The fraction of sp³-hybridized carbons (Fsp3) is 0.571. The van der Waals surface area contributed by atoms with Crippen LogP contribution in [0.15, 0.2) is 24.3 Å². The minimum absolute atomic E-state index is 0.101. The van der Waals surface area contributed by atoms with Gasteiger partial charge in [-0.05, 0) is 24.1 Å². The van der Waals surface area contributed by atoms with Gasteiger partial charge in [0, 0.05) is 31.9 Å². The van der Waals surface area contributed by atoms with E-state index in [9.17, 15) is 0 Å². The lowest BCUT2D eigenvalue weighted by atomic mass is 10.1. The predicted molar refractivity (Wildman–Crippen MR) is 74.8 cm³/mol. The summed E-state index contributed by atoms with van der Waals surface area (Å²) in [6, 6.07) is 8.32. The number of benzene rings is 1. The van der Waals surface area contributed by atoms with Crippen LogP contribution in [-0.4, -0.2) is 38.5 Å². The van der Waals surface area contributed by atoms with Crippen molar-refractivity contribution in [1.82, 2.24) is 0 Å². The van der Waals surface area contributed by atoms with Gasteiger partial charge in [-0.3, -0.25) is 0 Å². The summed E-state index contributed by atoms with van der Waals surface area (Å²) in [4.78, 5) is 2.10. The molecule has 4 heteroatoms. The fourth-order valence-electron chi connectivity index (χ4n) is 1.86. The summed E-state index contributed by atoms with van der Waals surface area (Å²) in [5.41, 5.74) is 8.23. The number of aliphatic hydroxyl groups is 1. The molecule has 1 aromatic rings. The third kappa shape index (κ3) is 4.29. The van der Waals surface area contributed by atoms with Crippen LogP contribution in [0.3, 0.4) is 0 Å². The maximum atomic E-state index is 9.08. The number of hydrogen-bond donors (Lipinski definition) is 2. The van der Waals surface area contributed by atoms with Crippen molar-refractivity contribution in [1.29, 1.82) is 0 Å². The van der Waals surface area contributed by atoms with E-state index in [0.717, 1.165) is 24.2 Å². The summed E-state index contributed by atoms with van der Waals surface area (Å²) >= 11 is 0. The van der Waals surface area contributed by atoms with Crippen LogP contribution in [0.2, 0.25) is 0 Å². The first kappa shape index (κ1) is 15.0. The van der Waals surface area contributed by atoms with Gasteiger partial charge >= 0.3 is 0 Å². The van der Waals surface area contributed by atoms with Crippen LogP contribution in [0.5, 0.6) is 0 Å². The molecule has 3 N–H and O–H groups in total. The van der Waals surface area contributed by atoms with Gasteiger partial charge in [-0.1, -0.05) is 19.1 Å². The molecule has 0 aliphatic carbocycles. The van der Waals surface area contributed by atoms with Crippen molar-refractivity contribution in [2.75, 3.05) is 38.3 Å². The quantitative estimate of drug-likeness (QED) is 0.737. The van der Waals surface area contributed by atoms with Gasteiger partial charge in [0.25, 0.3) is 0 Å². The molecular formula is C14H24N2O2. The Hall–Kier alpha value is -1.10. The molecule has 0 amide bonds. The summed E-state index contributed by atoms with van der Waals surface area (Å²) in [6.07, 6.45) is 0.934. The Morgan fingerprint density at radius 3 is 2.44 bits per heavy atom. The highest BCUT2D eigenvalue weighted by atomic mass is 16.5. The number of aliphatic hydroxyl groups excluding tert-OH is 1. The molecule has 0 aliphatic heterocycles. The zero-order valence-corrected chi connectivity index (χ0v) is 11.3. The minimum Gasteiger partial charge on any atom is -0.395 e. The van der Waals surface area contributed by atoms with Gasteiger partial charge < -0.3 is 20.5 Å². The van der Waals surface area contributed by atoms with Gasteiger partial charge in [-0.2, -0.15) is 0 Å². The molecule has 0 fully saturated rings. The van der Waals surface area contributed by atoms with Crippen LogP contribution in [0.1, 0.15) is 24.9 Å². The lowest BCUT2D eigenvalue weighted by Crippen LogP contribution is -2.30. The molecule has 1 atom stereocenters. The highest BCUT2D eigenvalue weighted by Gasteiger charge is 2.07. The Balaban J connectivity index is 2.73. The van der Waals surface area contributed by atoms with Crippen LogP contribution in [0.4, 0.5) is 5.69 Å². The van der Waals surface area contributed by atoms with Crippen molar-refractivity contribution in [3.8, 4) is 0 Å². The van der Waals surface area contributed by atoms with Crippen LogP contribution in [-0.2, 0) is 4.74 Å². The Labute approximate surface area is 109 Å². The van der Waals surface area contributed by atoms with Crippen LogP contribution < -0.4 is 10.6 Å². The average molecular weight is 252 g/mol. The molecule has 0 heterocycles. The smallest absolute Gasteiger partial charge is 0.0637 e. The van der Waals surface area contributed by atoms with Crippen molar-refractivity contribution >= 4 is 5.69 Å². The molecule has 0 saturated heterocycles. The van der Waals surface area contributed by atoms with E-state index in [-0.39, 0.29) is 12.6 Å². The van der Waals surface area contributed by atoms with Crippen molar-refractivity contribution in [3.05, 3.63) is 29.8 Å². The fourth-order valence-corrected chi connectivity index (χ4v) is 1.86. The lowest BCUT2D eigenvalue weighted by molar-refractivity contribution is 0.203. The second-order valence-electron chi connectivity index (χ2n) is 4.31. The van der Waals surface area contributed by atoms with Crippen molar-refractivity contribution < 1.29 is 9.84 Å². The standard InChI is InChI=1S/C14H24N2O2/c1-3-14(15)12-4-6-13(7-5-12)16(8-10-17)9-11-18-2/h4-7,14,17H,3,8-11,15H2,1-2H3/t14-/m1/s1. The number of anilines is 1. The molecule has 1 aromatic carbocycles. The first-order valence-corrected chi connectivity index (χ1v) is 6.43. The number of rotatable bonds is 8. The monoisotopic (exact) mass is 252 g/mol. The Morgan fingerprint density at radius 2 is 1.94 bits per heavy atom. The maximum Gasteiger partial charge on any atom is 0.0637 e. The van der Waals surface area contributed by atoms with Gasteiger partial charge in [0.2, 0.25) is 0 Å². The summed E-state index contributed by atoms with van der Waals surface area (Å²) in [7, 11) is 1.68. The highest BCUT2D eigenvalue weighted by Crippen LogP contribution is 2.19. The van der Waals surface area contributed by atoms with Gasteiger partial charge in [0.1, 0.15) is 0 Å². The Morgan fingerprint density at radius 1 is 1.28 bits per heavy atom. The normalized spacial score (nSPS) is 12.4. The van der Waals surface area contributed by atoms with Gasteiger partial charge in [-0.25, -0.2) is 0 Å². The lowest BCUT2D eigenvalue weighted by Gasteiger charge is -2.24. The summed E-state index contributed by atoms with van der Waals surface area (Å²) in [5, 5.41) is 9.08. The largest absolute Gasteiger partial charge is 0.395 e. The molecule has 0 aromatic heterocycles. The van der Waals surface area contributed by atoms with Gasteiger partial charge in [0.15, 0.2) is 0 Å². The van der Waals surface area contributed by atoms with E-state index < -0.39 is 0 Å². The Kier molecular flexibility index (Phi) is 6.72. The summed E-state index contributed by atoms with van der Waals surface area (Å²) in [5.74, 6) is 0. The number of methoxy groups -OCH3 is 1. The average Bonchev–Trinajstić information content (AvgIpc) is 2.43. The molecular weight excluding hydrogens is 228 g/mol. The second kappa shape index (κ2) is 8.08. The van der Waals surface area contributed by atoms with Crippen LogP contribution in [0.25, 0.3) is 0 Å². The molecule has 0 aliphatic rings. The van der Waals surface area contributed by atoms with Crippen molar-refractivity contribution in [3.63, 3.8) is 0 Å². The molecule has 18 heavy (non-hydrogen) atoms. The molecule has 1 rings (SSSR count). The van der Waals surface area contributed by atoms with E-state index in [1.54, 1.807) is 7.11 Å². The van der Waals surface area contributed by atoms with Crippen molar-refractivity contribution in [2.45, 2.75) is 19.4 Å². The molecule has 0 saturated carbocycles. The summed E-state index contributed by atoms with van der Waals surface area (Å²) < 4.78 is 5.08. The van der Waals surface area contributed by atoms with E-state index >= 15 is 0 Å². The molecule has 4 nitrogen and oxygen atoms in total. The summed E-state index contributed by atoms with van der Waals surface area (Å²) in [6.45, 7) is 4.25. The first-order chi connectivity index (χ1) is 8.72. The van der Waals surface area contributed by atoms with E-state index in [1.165, 1.54) is 0 Å². The number of nitrogens with zero attached hydrogens (tertiary/aromatic N) is 1.